The highest BCUT2D eigenvalue weighted by Crippen LogP contribution is 2.38. The molecule has 0 aliphatic carbocycles. The van der Waals surface area contributed by atoms with Gasteiger partial charge in [-0.05, 0) is 36.9 Å². The Hall–Kier alpha value is -0.740. The molecule has 0 spiro atoms. The molecule has 0 amide bonds. The monoisotopic (exact) mass is 316 g/mol. The summed E-state index contributed by atoms with van der Waals surface area (Å²) >= 11 is 13.8. The minimum absolute atomic E-state index is 0.452. The van der Waals surface area contributed by atoms with Crippen molar-refractivity contribution >= 4 is 34.5 Å². The van der Waals surface area contributed by atoms with Gasteiger partial charge in [0.25, 0.3) is 0 Å². The second kappa shape index (κ2) is 6.14. The van der Waals surface area contributed by atoms with Crippen LogP contribution in [0.1, 0.15) is 29.0 Å². The van der Waals surface area contributed by atoms with Gasteiger partial charge in [-0.15, -0.1) is 11.3 Å². The molecule has 102 valence electrons. The van der Waals surface area contributed by atoms with E-state index < -0.39 is 6.10 Å². The van der Waals surface area contributed by atoms with E-state index in [4.69, 9.17) is 27.9 Å². The van der Waals surface area contributed by atoms with Gasteiger partial charge in [-0.3, -0.25) is 0 Å². The maximum Gasteiger partial charge on any atom is 0.139 e. The summed E-state index contributed by atoms with van der Waals surface area (Å²) in [5.41, 5.74) is 1.64. The molecule has 2 aromatic rings. The van der Waals surface area contributed by atoms with Crippen LogP contribution in [-0.2, 0) is 0 Å². The van der Waals surface area contributed by atoms with Crippen LogP contribution in [-0.4, -0.2) is 11.7 Å². The maximum absolute atomic E-state index is 10.4. The Labute approximate surface area is 126 Å². The van der Waals surface area contributed by atoms with Crippen molar-refractivity contribution in [2.24, 2.45) is 0 Å². The van der Waals surface area contributed by atoms with Gasteiger partial charge in [0.2, 0.25) is 0 Å². The lowest BCUT2D eigenvalue weighted by Gasteiger charge is -2.15. The first-order chi connectivity index (χ1) is 9.04. The average molecular weight is 317 g/mol. The highest BCUT2D eigenvalue weighted by Gasteiger charge is 2.19. The highest BCUT2D eigenvalue weighted by atomic mass is 35.5. The van der Waals surface area contributed by atoms with Gasteiger partial charge in [0, 0.05) is 16.5 Å². The number of rotatable bonds is 4. The predicted molar refractivity (Wildman–Crippen MR) is 80.7 cm³/mol. The van der Waals surface area contributed by atoms with Crippen molar-refractivity contribution in [1.29, 1.82) is 0 Å². The van der Waals surface area contributed by atoms with Gasteiger partial charge in [0.1, 0.15) is 11.9 Å². The van der Waals surface area contributed by atoms with Crippen molar-refractivity contribution < 1.29 is 9.84 Å². The summed E-state index contributed by atoms with van der Waals surface area (Å²) < 4.78 is 5.37. The van der Waals surface area contributed by atoms with Crippen LogP contribution in [0.15, 0.2) is 23.6 Å². The smallest absolute Gasteiger partial charge is 0.139 e. The van der Waals surface area contributed by atoms with Gasteiger partial charge in [-0.1, -0.05) is 23.2 Å². The van der Waals surface area contributed by atoms with Crippen LogP contribution in [0.4, 0.5) is 0 Å². The lowest BCUT2D eigenvalue weighted by atomic mass is 10.1. The Morgan fingerprint density at radius 2 is 2.05 bits per heavy atom. The normalized spacial score (nSPS) is 12.5. The van der Waals surface area contributed by atoms with E-state index in [0.29, 0.717) is 28.0 Å². The molecular weight excluding hydrogens is 303 g/mol. The topological polar surface area (TPSA) is 29.5 Å². The zero-order valence-corrected chi connectivity index (χ0v) is 12.9. The molecule has 1 heterocycles. The van der Waals surface area contributed by atoms with E-state index in [-0.39, 0.29) is 0 Å². The highest BCUT2D eigenvalue weighted by molar-refractivity contribution is 7.10. The summed E-state index contributed by atoms with van der Waals surface area (Å²) in [6, 6.07) is 5.28. The van der Waals surface area contributed by atoms with Gasteiger partial charge in [-0.2, -0.15) is 0 Å². The molecule has 0 fully saturated rings. The number of benzene rings is 1. The molecule has 0 saturated carbocycles. The molecule has 1 aromatic carbocycles. The molecule has 2 nitrogen and oxygen atoms in total. The standard InChI is InChI=1S/C14H14Cl2O2S/c1-3-18-12-7-10(15)9(6-11(12)16)13(17)14-8(2)4-5-19-14/h4-7,13,17H,3H2,1-2H3. The SMILES string of the molecule is CCOc1cc(Cl)c(C(O)c2sccc2C)cc1Cl. The van der Waals surface area contributed by atoms with E-state index in [1.165, 1.54) is 11.3 Å². The van der Waals surface area contributed by atoms with E-state index in [2.05, 4.69) is 0 Å². The van der Waals surface area contributed by atoms with Gasteiger partial charge >= 0.3 is 0 Å². The third-order valence-electron chi connectivity index (χ3n) is 2.80. The minimum Gasteiger partial charge on any atom is -0.492 e. The van der Waals surface area contributed by atoms with Crippen LogP contribution in [0.3, 0.4) is 0 Å². The summed E-state index contributed by atoms with van der Waals surface area (Å²) in [5, 5.41) is 13.3. The van der Waals surface area contributed by atoms with E-state index in [0.717, 1.165) is 10.4 Å². The van der Waals surface area contributed by atoms with E-state index in [1.807, 2.05) is 25.3 Å². The second-order valence-corrected chi connectivity index (χ2v) is 5.87. The lowest BCUT2D eigenvalue weighted by Crippen LogP contribution is -2.01. The van der Waals surface area contributed by atoms with E-state index in [1.54, 1.807) is 12.1 Å². The Morgan fingerprint density at radius 1 is 1.32 bits per heavy atom. The van der Waals surface area contributed by atoms with Crippen LogP contribution in [0.5, 0.6) is 5.75 Å². The second-order valence-electron chi connectivity index (χ2n) is 4.11. The first-order valence-electron chi connectivity index (χ1n) is 5.88. The summed E-state index contributed by atoms with van der Waals surface area (Å²) in [7, 11) is 0. The van der Waals surface area contributed by atoms with E-state index >= 15 is 0 Å². The summed E-state index contributed by atoms with van der Waals surface area (Å²) in [6.07, 6.45) is -0.763. The number of aliphatic hydroxyl groups is 1. The maximum atomic E-state index is 10.4. The van der Waals surface area contributed by atoms with Crippen LogP contribution in [0, 0.1) is 6.92 Å². The molecule has 0 aliphatic heterocycles. The number of aryl methyl sites for hydroxylation is 1. The van der Waals surface area contributed by atoms with Gasteiger partial charge in [0.05, 0.1) is 16.7 Å². The molecule has 1 unspecified atom stereocenters. The number of halogens is 2. The zero-order valence-electron chi connectivity index (χ0n) is 10.6. The first kappa shape index (κ1) is 14.7. The molecule has 1 aromatic heterocycles. The molecule has 1 atom stereocenters. The third-order valence-corrected chi connectivity index (χ3v) is 4.49. The Kier molecular flexibility index (Phi) is 4.74. The molecule has 0 aliphatic rings. The Bertz CT molecular complexity index is 581. The van der Waals surface area contributed by atoms with Crippen LogP contribution in [0.25, 0.3) is 0 Å². The fourth-order valence-electron chi connectivity index (χ4n) is 1.83. The molecule has 5 heteroatoms. The Morgan fingerprint density at radius 3 is 2.63 bits per heavy atom. The van der Waals surface area contributed by atoms with Crippen LogP contribution in [0.2, 0.25) is 10.0 Å². The molecule has 19 heavy (non-hydrogen) atoms. The fraction of sp³-hybridized carbons (Fsp3) is 0.286. The zero-order chi connectivity index (χ0) is 14.0. The van der Waals surface area contributed by atoms with Gasteiger partial charge in [0.15, 0.2) is 0 Å². The molecular formula is C14H14Cl2O2S. The molecule has 2 rings (SSSR count). The molecule has 1 N–H and O–H groups in total. The average Bonchev–Trinajstić information content (AvgIpc) is 2.79. The number of hydrogen-bond acceptors (Lipinski definition) is 3. The summed E-state index contributed by atoms with van der Waals surface area (Å²) in [6.45, 7) is 4.35. The van der Waals surface area contributed by atoms with Crippen molar-refractivity contribution in [3.05, 3.63) is 49.6 Å². The van der Waals surface area contributed by atoms with Crippen LogP contribution < -0.4 is 4.74 Å². The number of aliphatic hydroxyl groups excluding tert-OH is 1. The molecule has 0 saturated heterocycles. The summed E-state index contributed by atoms with van der Waals surface area (Å²) in [4.78, 5) is 0.877. The minimum atomic E-state index is -0.763. The first-order valence-corrected chi connectivity index (χ1v) is 7.52. The van der Waals surface area contributed by atoms with Crippen molar-refractivity contribution in [1.82, 2.24) is 0 Å². The van der Waals surface area contributed by atoms with Crippen LogP contribution >= 0.6 is 34.5 Å². The van der Waals surface area contributed by atoms with Crippen molar-refractivity contribution in [3.8, 4) is 5.75 Å². The summed E-state index contributed by atoms with van der Waals surface area (Å²) in [5.74, 6) is 0.535. The third kappa shape index (κ3) is 3.06. The fourth-order valence-corrected chi connectivity index (χ4v) is 3.24. The van der Waals surface area contributed by atoms with Crippen molar-refractivity contribution in [3.63, 3.8) is 0 Å². The lowest BCUT2D eigenvalue weighted by molar-refractivity contribution is 0.223. The molecule has 0 bridgehead atoms. The number of hydrogen-bond donors (Lipinski definition) is 1. The predicted octanol–water partition coefficient (Wildman–Crippen LogP) is 4.84. The van der Waals surface area contributed by atoms with Gasteiger partial charge in [-0.25, -0.2) is 0 Å². The number of ether oxygens (including phenoxy) is 1. The van der Waals surface area contributed by atoms with E-state index in [9.17, 15) is 5.11 Å². The van der Waals surface area contributed by atoms with Crippen molar-refractivity contribution in [2.75, 3.05) is 6.61 Å². The number of thiophene rings is 1. The quantitative estimate of drug-likeness (QED) is 0.874. The van der Waals surface area contributed by atoms with Gasteiger partial charge < -0.3 is 9.84 Å². The van der Waals surface area contributed by atoms with Crippen molar-refractivity contribution in [2.45, 2.75) is 20.0 Å². The largest absolute Gasteiger partial charge is 0.492 e. The molecule has 0 radical (unpaired) electrons. The Balaban J connectivity index is 2.40.